The van der Waals surface area contributed by atoms with E-state index in [9.17, 15) is 4.79 Å². The van der Waals surface area contributed by atoms with Gasteiger partial charge in [-0.15, -0.1) is 0 Å². The van der Waals surface area contributed by atoms with Gasteiger partial charge in [0.1, 0.15) is 5.76 Å². The van der Waals surface area contributed by atoms with Crippen LogP contribution in [0.3, 0.4) is 0 Å². The Labute approximate surface area is 83.9 Å². The number of fused-ring (bicyclic) bond motifs is 1. The summed E-state index contributed by atoms with van der Waals surface area (Å²) in [5.41, 5.74) is 1.94. The van der Waals surface area contributed by atoms with Crippen LogP contribution in [-0.4, -0.2) is 0 Å². The number of hydrogen-bond acceptors (Lipinski definition) is 2. The Morgan fingerprint density at radius 2 is 2.14 bits per heavy atom. The van der Waals surface area contributed by atoms with Gasteiger partial charge in [0, 0.05) is 5.56 Å². The summed E-state index contributed by atoms with van der Waals surface area (Å²) in [7, 11) is 0. The maximum absolute atomic E-state index is 11.7. The lowest BCUT2D eigenvalue weighted by atomic mass is 9.73. The molecule has 0 saturated carbocycles. The van der Waals surface area contributed by atoms with Crippen LogP contribution in [0.5, 0.6) is 0 Å². The summed E-state index contributed by atoms with van der Waals surface area (Å²) in [5, 5.41) is 0. The van der Waals surface area contributed by atoms with E-state index in [0.29, 0.717) is 0 Å². The quantitative estimate of drug-likeness (QED) is 0.632. The van der Waals surface area contributed by atoms with Crippen molar-refractivity contribution in [2.75, 3.05) is 0 Å². The molecule has 2 nitrogen and oxygen atoms in total. The molecule has 0 amide bonds. The summed E-state index contributed by atoms with van der Waals surface area (Å²) in [4.78, 5) is 11.7. The number of rotatable bonds is 0. The molecular formula is C12H16O2. The molecule has 1 aromatic rings. The molecule has 14 heavy (non-hydrogen) atoms. The van der Waals surface area contributed by atoms with E-state index in [4.69, 9.17) is 4.42 Å². The fraction of sp³-hybridized carbons (Fsp3) is 0.583. The fourth-order valence-corrected chi connectivity index (χ4v) is 2.43. The third kappa shape index (κ3) is 1.39. The maximum Gasteiger partial charge on any atom is 0.339 e. The summed E-state index contributed by atoms with van der Waals surface area (Å²) in [6.07, 6.45) is 3.27. The third-order valence-corrected chi connectivity index (χ3v) is 3.08. The van der Waals surface area contributed by atoms with E-state index in [2.05, 4.69) is 13.8 Å². The molecule has 0 spiro atoms. The predicted octanol–water partition coefficient (Wildman–Crippen LogP) is 2.56. The van der Waals surface area contributed by atoms with Gasteiger partial charge in [0.15, 0.2) is 0 Å². The standard InChI is InChI=1S/C12H16O2/c1-8-7-9-5-4-6-12(2,3)10(9)11(13)14-8/h7H,4-6H2,1-3H3. The van der Waals surface area contributed by atoms with Crippen molar-refractivity contribution in [1.29, 1.82) is 0 Å². The van der Waals surface area contributed by atoms with Gasteiger partial charge in [-0.1, -0.05) is 13.8 Å². The highest BCUT2D eigenvalue weighted by atomic mass is 16.4. The Kier molecular flexibility index (Phi) is 2.02. The molecule has 1 aliphatic carbocycles. The maximum atomic E-state index is 11.7. The Bertz CT molecular complexity index is 413. The highest BCUT2D eigenvalue weighted by molar-refractivity contribution is 5.33. The summed E-state index contributed by atoms with van der Waals surface area (Å²) < 4.78 is 5.16. The fourth-order valence-electron chi connectivity index (χ4n) is 2.43. The lowest BCUT2D eigenvalue weighted by molar-refractivity contribution is 0.384. The number of aryl methyl sites for hydroxylation is 2. The molecule has 0 aromatic carbocycles. The van der Waals surface area contributed by atoms with Crippen molar-refractivity contribution >= 4 is 0 Å². The minimum absolute atomic E-state index is 0.0120. The van der Waals surface area contributed by atoms with Crippen LogP contribution in [0.25, 0.3) is 0 Å². The second-order valence-electron chi connectivity index (χ2n) is 4.78. The molecule has 1 aromatic heterocycles. The molecule has 1 aliphatic rings. The first-order chi connectivity index (χ1) is 6.50. The van der Waals surface area contributed by atoms with E-state index in [1.807, 2.05) is 13.0 Å². The summed E-state index contributed by atoms with van der Waals surface area (Å²) in [5.74, 6) is 0.728. The summed E-state index contributed by atoms with van der Waals surface area (Å²) in [6, 6.07) is 2.01. The molecule has 2 rings (SSSR count). The van der Waals surface area contributed by atoms with Crippen molar-refractivity contribution in [2.24, 2.45) is 0 Å². The zero-order valence-corrected chi connectivity index (χ0v) is 9.02. The highest BCUT2D eigenvalue weighted by Gasteiger charge is 2.31. The first kappa shape index (κ1) is 9.50. The van der Waals surface area contributed by atoms with Gasteiger partial charge in [0.2, 0.25) is 0 Å². The molecule has 0 atom stereocenters. The predicted molar refractivity (Wildman–Crippen MR) is 55.7 cm³/mol. The molecule has 0 N–H and O–H groups in total. The highest BCUT2D eigenvalue weighted by Crippen LogP contribution is 2.34. The smallest absolute Gasteiger partial charge is 0.339 e. The lowest BCUT2D eigenvalue weighted by Crippen LogP contribution is -2.31. The first-order valence-electron chi connectivity index (χ1n) is 5.15. The minimum Gasteiger partial charge on any atom is -0.428 e. The van der Waals surface area contributed by atoms with Gasteiger partial charge >= 0.3 is 5.63 Å². The van der Waals surface area contributed by atoms with Crippen LogP contribution in [0.1, 0.15) is 43.6 Å². The van der Waals surface area contributed by atoms with E-state index >= 15 is 0 Å². The topological polar surface area (TPSA) is 30.2 Å². The van der Waals surface area contributed by atoms with Crippen LogP contribution in [0.4, 0.5) is 0 Å². The van der Waals surface area contributed by atoms with Crippen molar-refractivity contribution in [2.45, 2.75) is 45.4 Å². The largest absolute Gasteiger partial charge is 0.428 e. The SMILES string of the molecule is Cc1cc2c(c(=O)o1)C(C)(C)CCC2. The average Bonchev–Trinajstić information content (AvgIpc) is 2.00. The Balaban J connectivity index is 2.70. The number of hydrogen-bond donors (Lipinski definition) is 0. The zero-order chi connectivity index (χ0) is 10.3. The Hall–Kier alpha value is -1.05. The van der Waals surface area contributed by atoms with Gasteiger partial charge in [-0.25, -0.2) is 4.79 Å². The van der Waals surface area contributed by atoms with Crippen molar-refractivity contribution in [3.05, 3.63) is 33.4 Å². The monoisotopic (exact) mass is 192 g/mol. The minimum atomic E-state index is -0.135. The Morgan fingerprint density at radius 1 is 1.43 bits per heavy atom. The van der Waals surface area contributed by atoms with Crippen molar-refractivity contribution < 1.29 is 4.42 Å². The molecule has 0 bridgehead atoms. The van der Waals surface area contributed by atoms with E-state index in [1.165, 1.54) is 12.0 Å². The van der Waals surface area contributed by atoms with Gasteiger partial charge in [0.05, 0.1) is 0 Å². The molecule has 0 fully saturated rings. The van der Waals surface area contributed by atoms with Crippen LogP contribution < -0.4 is 5.63 Å². The van der Waals surface area contributed by atoms with Crippen LogP contribution >= 0.6 is 0 Å². The van der Waals surface area contributed by atoms with Crippen LogP contribution in [-0.2, 0) is 11.8 Å². The van der Waals surface area contributed by atoms with Crippen LogP contribution in [0.2, 0.25) is 0 Å². The second kappa shape index (κ2) is 2.97. The molecule has 0 saturated heterocycles. The van der Waals surface area contributed by atoms with Gasteiger partial charge < -0.3 is 4.42 Å². The van der Waals surface area contributed by atoms with E-state index < -0.39 is 0 Å². The zero-order valence-electron chi connectivity index (χ0n) is 9.02. The van der Waals surface area contributed by atoms with Crippen molar-refractivity contribution in [3.8, 4) is 0 Å². The molecule has 2 heteroatoms. The van der Waals surface area contributed by atoms with E-state index in [-0.39, 0.29) is 11.0 Å². The third-order valence-electron chi connectivity index (χ3n) is 3.08. The second-order valence-corrected chi connectivity index (χ2v) is 4.78. The van der Waals surface area contributed by atoms with E-state index in [1.54, 1.807) is 0 Å². The van der Waals surface area contributed by atoms with Gasteiger partial charge in [-0.2, -0.15) is 0 Å². The van der Waals surface area contributed by atoms with Crippen molar-refractivity contribution in [1.82, 2.24) is 0 Å². The lowest BCUT2D eigenvalue weighted by Gasteiger charge is -2.30. The summed E-state index contributed by atoms with van der Waals surface area (Å²) >= 11 is 0. The first-order valence-corrected chi connectivity index (χ1v) is 5.15. The van der Waals surface area contributed by atoms with Gasteiger partial charge in [0.25, 0.3) is 0 Å². The summed E-state index contributed by atoms with van der Waals surface area (Å²) in [6.45, 7) is 6.08. The molecule has 1 heterocycles. The molecular weight excluding hydrogens is 176 g/mol. The van der Waals surface area contributed by atoms with Crippen LogP contribution in [0, 0.1) is 6.92 Å². The normalized spacial score (nSPS) is 19.1. The molecule has 0 aliphatic heterocycles. The van der Waals surface area contributed by atoms with Gasteiger partial charge in [-0.05, 0) is 43.2 Å². The molecule has 0 unspecified atom stereocenters. The molecule has 76 valence electrons. The average molecular weight is 192 g/mol. The Morgan fingerprint density at radius 3 is 2.86 bits per heavy atom. The van der Waals surface area contributed by atoms with E-state index in [0.717, 1.165) is 24.2 Å². The van der Waals surface area contributed by atoms with Crippen LogP contribution in [0.15, 0.2) is 15.3 Å². The molecule has 0 radical (unpaired) electrons. The van der Waals surface area contributed by atoms with Gasteiger partial charge in [-0.3, -0.25) is 0 Å². The van der Waals surface area contributed by atoms with Crippen molar-refractivity contribution in [3.63, 3.8) is 0 Å².